The maximum absolute atomic E-state index is 14.8. The molecule has 16 heteroatoms. The number of aromatic nitrogens is 1. The van der Waals surface area contributed by atoms with E-state index in [1.165, 1.54) is 52.4 Å². The second-order valence-electron chi connectivity index (χ2n) is 18.6. The second kappa shape index (κ2) is 16.5. The number of anilines is 2. The highest BCUT2D eigenvalue weighted by Crippen LogP contribution is 2.49. The smallest absolute Gasteiger partial charge is 0.307 e. The number of rotatable bonds is 3. The van der Waals surface area contributed by atoms with Crippen molar-refractivity contribution in [1.82, 2.24) is 9.88 Å². The van der Waals surface area contributed by atoms with Crippen molar-refractivity contribution >= 4 is 56.0 Å². The first kappa shape index (κ1) is 45.1. The molecule has 4 heterocycles. The largest absolute Gasteiger partial charge is 0.507 e. The normalized spacial score (nSPS) is 34.2. The van der Waals surface area contributed by atoms with E-state index in [4.69, 9.17) is 23.6 Å². The summed E-state index contributed by atoms with van der Waals surface area (Å²) < 4.78 is 24.5. The number of nitrogens with one attached hydrogen (secondary N) is 1. The fraction of sp³-hybridized carbons (Fsp3) is 0.500. The van der Waals surface area contributed by atoms with E-state index in [-0.39, 0.29) is 60.8 Å². The van der Waals surface area contributed by atoms with Gasteiger partial charge in [-0.15, -0.1) is 0 Å². The summed E-state index contributed by atoms with van der Waals surface area (Å²) in [5.74, 6) is -5.25. The number of aromatic hydroxyl groups is 1. The molecule has 12 atom stereocenters. The molecule has 0 radical (unpaired) electrons. The molecular formula is C48H58N4O12. The lowest BCUT2D eigenvalue weighted by atomic mass is 9.78. The molecule has 4 aliphatic rings. The SMILES string of the molecule is CO[C@H]1/C=C/O[C@@]2(C)Oc3c(C)c(O)c4c(=O)c(c5oc6cc(N7C[C@@H]8C(N(C)C)[C@@H]8C7)cc(=O)c6nc5c4c3=C2O)NC(=O)/C(C)=C\C=C\[C@H](C)[C@H](O)[C@@H](C)[C@@H](O)[C@@H](C)[C@H](O)[C@@H]1C. The Balaban J connectivity index is 1.34. The Hall–Kier alpha value is -5.52. The fourth-order valence-electron chi connectivity index (χ4n) is 10.1. The molecule has 1 saturated heterocycles. The van der Waals surface area contributed by atoms with Crippen LogP contribution in [0, 0.1) is 42.4 Å². The molecule has 3 aromatic carbocycles. The Morgan fingerprint density at radius 3 is 2.22 bits per heavy atom. The molecule has 1 unspecified atom stereocenters. The maximum Gasteiger partial charge on any atom is 0.307 e. The molecule has 1 saturated carbocycles. The average Bonchev–Trinajstić information content (AvgIpc) is 3.65. The van der Waals surface area contributed by atoms with Crippen LogP contribution in [0.3, 0.4) is 0 Å². The van der Waals surface area contributed by atoms with Crippen molar-refractivity contribution in [2.24, 2.45) is 35.5 Å². The van der Waals surface area contributed by atoms with Crippen LogP contribution in [0.2, 0.25) is 0 Å². The van der Waals surface area contributed by atoms with Gasteiger partial charge in [0, 0.05) is 91.2 Å². The van der Waals surface area contributed by atoms with Crippen LogP contribution in [0.4, 0.5) is 11.4 Å². The maximum atomic E-state index is 14.8. The first-order chi connectivity index (χ1) is 30.2. The Morgan fingerprint density at radius 2 is 1.56 bits per heavy atom. The summed E-state index contributed by atoms with van der Waals surface area (Å²) in [6.07, 6.45) is 3.50. The number of methoxy groups -OCH3 is 1. The van der Waals surface area contributed by atoms with Gasteiger partial charge in [-0.2, -0.15) is 0 Å². The van der Waals surface area contributed by atoms with Crippen molar-refractivity contribution in [1.29, 1.82) is 0 Å². The standard InChI is InChI=1S/C48H58N4O12/c1-20-12-11-13-21(2)47(60)50-37-43(58)33-32(36-45(37)63-31-17-26(16-29(53)35(31)49-36)52-18-27-28(19-52)38(27)51(8)9)34-44(25(6)42(33)57)64-48(7,46(34)59)62-15-14-30(61-10)22(3)40(55)24(5)41(56)23(4)39(20)54/h11-17,20,22-24,27-28,30,38-41,54-57,59H,18-19H2,1-10H3,(H,50,60)/b12-11+,15-14+,21-13-/t20-,22+,23+,24-,27-,28+,30-,38?,39-,40+,41+,48-/m0/s1. The zero-order chi connectivity index (χ0) is 46.4. The minimum Gasteiger partial charge on any atom is -0.507 e. The van der Waals surface area contributed by atoms with E-state index in [1.54, 1.807) is 45.9 Å². The molecule has 2 fully saturated rings. The predicted molar refractivity (Wildman–Crippen MR) is 242 cm³/mol. The highest BCUT2D eigenvalue weighted by molar-refractivity contribution is 6.16. The van der Waals surface area contributed by atoms with Gasteiger partial charge in [-0.3, -0.25) is 14.4 Å². The highest BCUT2D eigenvalue weighted by atomic mass is 16.7. The Labute approximate surface area is 369 Å². The van der Waals surface area contributed by atoms with Crippen LogP contribution in [-0.2, 0) is 14.3 Å². The van der Waals surface area contributed by atoms with Crippen molar-refractivity contribution in [2.45, 2.75) is 84.7 Å². The summed E-state index contributed by atoms with van der Waals surface area (Å²) >= 11 is 0. The highest BCUT2D eigenvalue weighted by Gasteiger charge is 2.57. The lowest BCUT2D eigenvalue weighted by Crippen LogP contribution is -2.44. The molecule has 16 nitrogen and oxygen atoms in total. The van der Waals surface area contributed by atoms with Crippen molar-refractivity contribution < 1.29 is 49.0 Å². The minimum absolute atomic E-state index is 0.0318. The number of benzene rings is 3. The number of amides is 1. The molecule has 0 spiro atoms. The Bertz CT molecular complexity index is 2830. The van der Waals surface area contributed by atoms with Gasteiger partial charge < -0.3 is 59.3 Å². The molecular weight excluding hydrogens is 825 g/mol. The van der Waals surface area contributed by atoms with Gasteiger partial charge in [-0.05, 0) is 45.9 Å². The Kier molecular flexibility index (Phi) is 11.6. The van der Waals surface area contributed by atoms with E-state index in [2.05, 4.69) is 29.2 Å². The van der Waals surface area contributed by atoms with Crippen LogP contribution in [0.15, 0.2) is 62.3 Å². The van der Waals surface area contributed by atoms with E-state index in [1.807, 2.05) is 0 Å². The van der Waals surface area contributed by atoms with Gasteiger partial charge in [-0.1, -0.05) is 45.9 Å². The lowest BCUT2D eigenvalue weighted by Gasteiger charge is -2.36. The summed E-state index contributed by atoms with van der Waals surface area (Å²) in [5, 5.41) is 60.2. The average molecular weight is 883 g/mol. The molecule has 342 valence electrons. The molecule has 4 bridgehead atoms. The van der Waals surface area contributed by atoms with Crippen molar-refractivity contribution in [3.05, 3.63) is 79.5 Å². The molecule has 1 amide bonds. The molecule has 4 aromatic rings. The van der Waals surface area contributed by atoms with Crippen LogP contribution >= 0.6 is 0 Å². The van der Waals surface area contributed by atoms with Gasteiger partial charge >= 0.3 is 5.79 Å². The first-order valence-corrected chi connectivity index (χ1v) is 21.8. The molecule has 8 rings (SSSR count). The summed E-state index contributed by atoms with van der Waals surface area (Å²) in [6, 6.07) is 3.66. The van der Waals surface area contributed by atoms with Crippen LogP contribution in [0.1, 0.15) is 47.1 Å². The van der Waals surface area contributed by atoms with E-state index < -0.39 is 82.1 Å². The quantitative estimate of drug-likeness (QED) is 0.127. The third kappa shape index (κ3) is 7.28. The van der Waals surface area contributed by atoms with Crippen molar-refractivity contribution in [3.8, 4) is 11.5 Å². The molecule has 64 heavy (non-hydrogen) atoms. The number of carbonyl (C=O) groups is 1. The number of aliphatic hydroxyl groups excluding tert-OH is 4. The first-order valence-electron chi connectivity index (χ1n) is 21.8. The number of carbonyl (C=O) groups excluding carboxylic acids is 1. The van der Waals surface area contributed by atoms with Gasteiger partial charge in [0.15, 0.2) is 22.4 Å². The number of piperidine rings is 1. The van der Waals surface area contributed by atoms with Crippen LogP contribution < -0.4 is 31.0 Å². The van der Waals surface area contributed by atoms with Gasteiger partial charge in [0.05, 0.1) is 41.3 Å². The zero-order valence-electron chi connectivity index (χ0n) is 37.7. The predicted octanol–water partition coefficient (Wildman–Crippen LogP) is 3.99. The number of phenolic OH excluding ortho intramolecular Hbond substituents is 1. The number of phenols is 1. The summed E-state index contributed by atoms with van der Waals surface area (Å²) in [6.45, 7) is 12.8. The third-order valence-electron chi connectivity index (χ3n) is 14.3. The van der Waals surface area contributed by atoms with E-state index >= 15 is 0 Å². The fourth-order valence-corrected chi connectivity index (χ4v) is 10.1. The Morgan fingerprint density at radius 1 is 0.906 bits per heavy atom. The summed E-state index contributed by atoms with van der Waals surface area (Å²) in [5.41, 5.74) is -1.18. The number of allylic oxidation sites excluding steroid dienone is 2. The summed E-state index contributed by atoms with van der Waals surface area (Å²) in [4.78, 5) is 51.9. The summed E-state index contributed by atoms with van der Waals surface area (Å²) in [7, 11) is 5.57. The number of nitrogens with zero attached hydrogens (tertiary/aromatic N) is 3. The van der Waals surface area contributed by atoms with Gasteiger partial charge in [0.1, 0.15) is 22.7 Å². The number of fused-ring (bicyclic) bond motifs is 3. The van der Waals surface area contributed by atoms with Gasteiger partial charge in [-0.25, -0.2) is 4.98 Å². The number of hydrogen-bond donors (Lipinski definition) is 6. The van der Waals surface area contributed by atoms with Gasteiger partial charge in [0.2, 0.25) is 10.9 Å². The lowest BCUT2D eigenvalue weighted by molar-refractivity contribution is -0.112. The van der Waals surface area contributed by atoms with Crippen LogP contribution in [0.5, 0.6) is 11.5 Å². The van der Waals surface area contributed by atoms with E-state index in [0.717, 1.165) is 13.1 Å². The van der Waals surface area contributed by atoms with Crippen molar-refractivity contribution in [3.63, 3.8) is 0 Å². The van der Waals surface area contributed by atoms with E-state index in [0.29, 0.717) is 23.6 Å². The number of ether oxygens (including phenoxy) is 3. The molecule has 1 aliphatic carbocycles. The monoisotopic (exact) mass is 882 g/mol. The minimum atomic E-state index is -1.95. The number of aliphatic hydroxyl groups is 4. The molecule has 3 aliphatic heterocycles. The zero-order valence-corrected chi connectivity index (χ0v) is 37.7. The second-order valence-corrected chi connectivity index (χ2v) is 18.6. The topological polar surface area (TPSA) is 225 Å². The molecule has 1 aromatic heterocycles. The molecule has 6 N–H and O–H groups in total. The van der Waals surface area contributed by atoms with Crippen LogP contribution in [0.25, 0.3) is 38.7 Å². The van der Waals surface area contributed by atoms with Crippen molar-refractivity contribution in [2.75, 3.05) is 44.5 Å². The number of hydrogen-bond acceptors (Lipinski definition) is 15. The van der Waals surface area contributed by atoms with E-state index in [9.17, 15) is 39.9 Å². The third-order valence-corrected chi connectivity index (χ3v) is 14.3. The van der Waals surface area contributed by atoms with Gasteiger partial charge in [0.25, 0.3) is 5.91 Å². The van der Waals surface area contributed by atoms with Crippen LogP contribution in [-0.4, -0.2) is 112 Å².